The second-order valence-electron chi connectivity index (χ2n) is 3.69. The molecule has 12 heavy (non-hydrogen) atoms. The Balaban J connectivity index is 2.29. The molecule has 0 aromatic carbocycles. The number of Topliss-reactive ketones (excluding diaryl/α,β-unsaturated/α-hetero) is 1. The highest BCUT2D eigenvalue weighted by molar-refractivity contribution is 5.99. The first kappa shape index (κ1) is 9.50. The minimum atomic E-state index is 0.265. The average molecular weight is 166 g/mol. The SMILES string of the molecule is CCCCCC1=CCC(C)C1=O. The zero-order valence-corrected chi connectivity index (χ0v) is 8.10. The van der Waals surface area contributed by atoms with Gasteiger partial charge in [-0.1, -0.05) is 32.8 Å². The molecular weight excluding hydrogens is 148 g/mol. The van der Waals surface area contributed by atoms with Crippen LogP contribution in [-0.4, -0.2) is 5.78 Å². The summed E-state index contributed by atoms with van der Waals surface area (Å²) in [5, 5.41) is 0. The molecule has 0 saturated carbocycles. The minimum absolute atomic E-state index is 0.265. The number of rotatable bonds is 4. The van der Waals surface area contributed by atoms with Crippen LogP contribution >= 0.6 is 0 Å². The van der Waals surface area contributed by atoms with Gasteiger partial charge in [0.2, 0.25) is 0 Å². The van der Waals surface area contributed by atoms with E-state index in [1.54, 1.807) is 0 Å². The predicted molar refractivity (Wildman–Crippen MR) is 51.0 cm³/mol. The van der Waals surface area contributed by atoms with Crippen LogP contribution in [0.4, 0.5) is 0 Å². The molecule has 1 aliphatic carbocycles. The molecule has 0 radical (unpaired) electrons. The van der Waals surface area contributed by atoms with Crippen molar-refractivity contribution < 1.29 is 4.79 Å². The Bertz CT molecular complexity index is 191. The zero-order valence-electron chi connectivity index (χ0n) is 8.10. The smallest absolute Gasteiger partial charge is 0.161 e. The van der Waals surface area contributed by atoms with Crippen molar-refractivity contribution in [3.63, 3.8) is 0 Å². The van der Waals surface area contributed by atoms with Gasteiger partial charge in [0, 0.05) is 5.92 Å². The molecule has 0 aromatic heterocycles. The van der Waals surface area contributed by atoms with Gasteiger partial charge in [0.05, 0.1) is 0 Å². The molecule has 0 spiro atoms. The lowest BCUT2D eigenvalue weighted by Gasteiger charge is -2.01. The number of allylic oxidation sites excluding steroid dienone is 2. The van der Waals surface area contributed by atoms with Gasteiger partial charge in [-0.05, 0) is 24.8 Å². The monoisotopic (exact) mass is 166 g/mol. The molecule has 68 valence electrons. The average Bonchev–Trinajstić information content (AvgIpc) is 2.36. The first-order valence-corrected chi connectivity index (χ1v) is 4.99. The van der Waals surface area contributed by atoms with Gasteiger partial charge in [-0.15, -0.1) is 0 Å². The van der Waals surface area contributed by atoms with Crippen molar-refractivity contribution in [2.75, 3.05) is 0 Å². The van der Waals surface area contributed by atoms with Crippen molar-refractivity contribution in [2.24, 2.45) is 5.92 Å². The van der Waals surface area contributed by atoms with E-state index in [-0.39, 0.29) is 5.92 Å². The molecule has 1 aliphatic rings. The lowest BCUT2D eigenvalue weighted by atomic mass is 10.0. The fraction of sp³-hybridized carbons (Fsp3) is 0.727. The van der Waals surface area contributed by atoms with Crippen molar-refractivity contribution in [1.29, 1.82) is 0 Å². The largest absolute Gasteiger partial charge is 0.294 e. The quantitative estimate of drug-likeness (QED) is 0.586. The van der Waals surface area contributed by atoms with Crippen molar-refractivity contribution in [2.45, 2.75) is 46.0 Å². The Morgan fingerprint density at radius 3 is 2.75 bits per heavy atom. The van der Waals surface area contributed by atoms with Crippen molar-refractivity contribution in [3.8, 4) is 0 Å². The summed E-state index contributed by atoms with van der Waals surface area (Å²) in [6.07, 6.45) is 7.77. The van der Waals surface area contributed by atoms with E-state index in [1.165, 1.54) is 19.3 Å². The third-order valence-electron chi connectivity index (χ3n) is 2.53. The van der Waals surface area contributed by atoms with Crippen LogP contribution in [0.2, 0.25) is 0 Å². The Labute approximate surface area is 74.9 Å². The van der Waals surface area contributed by atoms with Crippen LogP contribution in [0.3, 0.4) is 0 Å². The third kappa shape index (κ3) is 2.20. The normalized spacial score (nSPS) is 23.0. The first-order chi connectivity index (χ1) is 5.75. The highest BCUT2D eigenvalue weighted by Gasteiger charge is 2.21. The molecule has 1 rings (SSSR count). The van der Waals surface area contributed by atoms with Crippen LogP contribution in [0.25, 0.3) is 0 Å². The lowest BCUT2D eigenvalue weighted by Crippen LogP contribution is -2.05. The molecule has 1 atom stereocenters. The van der Waals surface area contributed by atoms with Crippen LogP contribution in [0.5, 0.6) is 0 Å². The summed E-state index contributed by atoms with van der Waals surface area (Å²) < 4.78 is 0. The highest BCUT2D eigenvalue weighted by atomic mass is 16.1. The van der Waals surface area contributed by atoms with E-state index in [0.29, 0.717) is 5.78 Å². The molecule has 0 N–H and O–H groups in total. The predicted octanol–water partition coefficient (Wildman–Crippen LogP) is 3.10. The maximum Gasteiger partial charge on any atom is 0.161 e. The second kappa shape index (κ2) is 4.44. The molecule has 0 heterocycles. The number of carbonyl (C=O) groups excluding carboxylic acids is 1. The zero-order chi connectivity index (χ0) is 8.97. The van der Waals surface area contributed by atoms with E-state index in [9.17, 15) is 4.79 Å². The summed E-state index contributed by atoms with van der Waals surface area (Å²) in [6.45, 7) is 4.21. The van der Waals surface area contributed by atoms with Crippen LogP contribution in [0.1, 0.15) is 46.0 Å². The van der Waals surface area contributed by atoms with Crippen LogP contribution in [0.15, 0.2) is 11.6 Å². The van der Waals surface area contributed by atoms with Crippen LogP contribution in [-0.2, 0) is 4.79 Å². The summed E-state index contributed by atoms with van der Waals surface area (Å²) in [5.41, 5.74) is 1.09. The molecule has 1 nitrogen and oxygen atoms in total. The van der Waals surface area contributed by atoms with E-state index >= 15 is 0 Å². The summed E-state index contributed by atoms with van der Waals surface area (Å²) in [5.74, 6) is 0.660. The molecule has 0 bridgehead atoms. The maximum absolute atomic E-state index is 11.4. The van der Waals surface area contributed by atoms with Crippen molar-refractivity contribution in [1.82, 2.24) is 0 Å². The Morgan fingerprint density at radius 2 is 2.25 bits per heavy atom. The summed E-state index contributed by atoms with van der Waals surface area (Å²) in [7, 11) is 0. The number of hydrogen-bond donors (Lipinski definition) is 0. The van der Waals surface area contributed by atoms with Crippen LogP contribution in [0, 0.1) is 5.92 Å². The number of carbonyl (C=O) groups is 1. The van der Waals surface area contributed by atoms with E-state index in [0.717, 1.165) is 18.4 Å². The first-order valence-electron chi connectivity index (χ1n) is 4.99. The Kier molecular flexibility index (Phi) is 3.51. The molecule has 1 heteroatoms. The van der Waals surface area contributed by atoms with E-state index in [4.69, 9.17) is 0 Å². The topological polar surface area (TPSA) is 17.1 Å². The van der Waals surface area contributed by atoms with Gasteiger partial charge in [0.1, 0.15) is 0 Å². The molecule has 0 fully saturated rings. The van der Waals surface area contributed by atoms with Gasteiger partial charge >= 0.3 is 0 Å². The number of unbranched alkanes of at least 4 members (excludes halogenated alkanes) is 2. The van der Waals surface area contributed by atoms with E-state index in [1.807, 2.05) is 6.92 Å². The highest BCUT2D eigenvalue weighted by Crippen LogP contribution is 2.24. The maximum atomic E-state index is 11.4. The lowest BCUT2D eigenvalue weighted by molar-refractivity contribution is -0.118. The van der Waals surface area contributed by atoms with Gasteiger partial charge in [0.15, 0.2) is 5.78 Å². The fourth-order valence-electron chi connectivity index (χ4n) is 1.63. The van der Waals surface area contributed by atoms with E-state index < -0.39 is 0 Å². The third-order valence-corrected chi connectivity index (χ3v) is 2.53. The minimum Gasteiger partial charge on any atom is -0.294 e. The summed E-state index contributed by atoms with van der Waals surface area (Å²) >= 11 is 0. The Morgan fingerprint density at radius 1 is 1.50 bits per heavy atom. The molecule has 0 aromatic rings. The molecular formula is C11H18O. The molecule has 1 unspecified atom stereocenters. The molecule has 0 aliphatic heterocycles. The fourth-order valence-corrected chi connectivity index (χ4v) is 1.63. The van der Waals surface area contributed by atoms with Gasteiger partial charge in [-0.3, -0.25) is 4.79 Å². The number of ketones is 1. The van der Waals surface area contributed by atoms with Gasteiger partial charge in [-0.2, -0.15) is 0 Å². The molecule has 0 amide bonds. The standard InChI is InChI=1S/C11H18O/c1-3-4-5-6-10-8-7-9(2)11(10)12/h8-9H,3-7H2,1-2H3. The van der Waals surface area contributed by atoms with Crippen LogP contribution < -0.4 is 0 Å². The molecule has 0 saturated heterocycles. The van der Waals surface area contributed by atoms with Crippen molar-refractivity contribution >= 4 is 5.78 Å². The number of hydrogen-bond acceptors (Lipinski definition) is 1. The van der Waals surface area contributed by atoms with Gasteiger partial charge < -0.3 is 0 Å². The Hall–Kier alpha value is -0.590. The van der Waals surface area contributed by atoms with E-state index in [2.05, 4.69) is 13.0 Å². The summed E-state index contributed by atoms with van der Waals surface area (Å²) in [4.78, 5) is 11.4. The second-order valence-corrected chi connectivity index (χ2v) is 3.69. The van der Waals surface area contributed by atoms with Gasteiger partial charge in [-0.25, -0.2) is 0 Å². The summed E-state index contributed by atoms with van der Waals surface area (Å²) in [6, 6.07) is 0. The van der Waals surface area contributed by atoms with Gasteiger partial charge in [0.25, 0.3) is 0 Å². The van der Waals surface area contributed by atoms with Crippen molar-refractivity contribution in [3.05, 3.63) is 11.6 Å².